The van der Waals surface area contributed by atoms with Gasteiger partial charge in [0.15, 0.2) is 0 Å². The van der Waals surface area contributed by atoms with Crippen molar-refractivity contribution in [1.29, 1.82) is 0 Å². The van der Waals surface area contributed by atoms with Gasteiger partial charge in [-0.05, 0) is 25.1 Å². The Morgan fingerprint density at radius 1 is 1.35 bits per heavy atom. The van der Waals surface area contributed by atoms with Crippen LogP contribution in [0, 0.1) is 0 Å². The minimum atomic E-state index is 0.0299. The SMILES string of the molecule is CCN(CC)c1noc(-c2ccncc2O)n1. The summed E-state index contributed by atoms with van der Waals surface area (Å²) in [5.74, 6) is 0.857. The highest BCUT2D eigenvalue weighted by atomic mass is 16.5. The van der Waals surface area contributed by atoms with Crippen molar-refractivity contribution < 1.29 is 9.63 Å². The lowest BCUT2D eigenvalue weighted by Gasteiger charge is -2.14. The number of pyridine rings is 1. The van der Waals surface area contributed by atoms with E-state index in [0.29, 0.717) is 17.4 Å². The van der Waals surface area contributed by atoms with E-state index in [4.69, 9.17) is 4.52 Å². The minimum absolute atomic E-state index is 0.0299. The van der Waals surface area contributed by atoms with Gasteiger partial charge in [-0.2, -0.15) is 4.98 Å². The van der Waals surface area contributed by atoms with Crippen molar-refractivity contribution in [3.63, 3.8) is 0 Å². The molecule has 0 aliphatic rings. The summed E-state index contributed by atoms with van der Waals surface area (Å²) < 4.78 is 5.13. The molecule has 1 N–H and O–H groups in total. The van der Waals surface area contributed by atoms with E-state index in [2.05, 4.69) is 15.1 Å². The monoisotopic (exact) mass is 234 g/mol. The Bertz CT molecular complexity index is 494. The van der Waals surface area contributed by atoms with Crippen LogP contribution in [0.15, 0.2) is 23.0 Å². The summed E-state index contributed by atoms with van der Waals surface area (Å²) in [7, 11) is 0. The molecule has 0 radical (unpaired) electrons. The molecule has 0 spiro atoms. The summed E-state index contributed by atoms with van der Waals surface area (Å²) in [4.78, 5) is 10.0. The highest BCUT2D eigenvalue weighted by molar-refractivity contribution is 5.61. The predicted octanol–water partition coefficient (Wildman–Crippen LogP) is 1.68. The highest BCUT2D eigenvalue weighted by Crippen LogP contribution is 2.27. The van der Waals surface area contributed by atoms with E-state index in [9.17, 15) is 5.11 Å². The molecule has 0 fully saturated rings. The molecule has 0 unspecified atom stereocenters. The smallest absolute Gasteiger partial charge is 0.266 e. The fraction of sp³-hybridized carbons (Fsp3) is 0.364. The highest BCUT2D eigenvalue weighted by Gasteiger charge is 2.15. The topological polar surface area (TPSA) is 75.3 Å². The Morgan fingerprint density at radius 2 is 2.12 bits per heavy atom. The minimum Gasteiger partial charge on any atom is -0.505 e. The molecular formula is C11H14N4O2. The van der Waals surface area contributed by atoms with Gasteiger partial charge in [-0.1, -0.05) is 0 Å². The van der Waals surface area contributed by atoms with Crippen molar-refractivity contribution in [1.82, 2.24) is 15.1 Å². The van der Waals surface area contributed by atoms with Crippen LogP contribution in [0.1, 0.15) is 13.8 Å². The zero-order valence-electron chi connectivity index (χ0n) is 9.79. The Kier molecular flexibility index (Phi) is 3.22. The van der Waals surface area contributed by atoms with E-state index in [1.807, 2.05) is 18.7 Å². The molecule has 0 amide bonds. The summed E-state index contributed by atoms with van der Waals surface area (Å²) in [5.41, 5.74) is 0.492. The van der Waals surface area contributed by atoms with E-state index in [1.54, 1.807) is 12.3 Å². The lowest BCUT2D eigenvalue weighted by molar-refractivity contribution is 0.423. The van der Waals surface area contributed by atoms with Crippen LogP contribution in [0.5, 0.6) is 5.75 Å². The number of anilines is 1. The van der Waals surface area contributed by atoms with Gasteiger partial charge in [0.25, 0.3) is 11.8 Å². The van der Waals surface area contributed by atoms with Crippen LogP contribution in [0.4, 0.5) is 5.95 Å². The fourth-order valence-electron chi connectivity index (χ4n) is 1.53. The third-order valence-electron chi connectivity index (χ3n) is 2.49. The van der Waals surface area contributed by atoms with Crippen LogP contribution in [-0.4, -0.2) is 33.3 Å². The average molecular weight is 234 g/mol. The number of aromatic hydroxyl groups is 1. The van der Waals surface area contributed by atoms with Gasteiger partial charge in [-0.15, -0.1) is 0 Å². The molecule has 2 aromatic rings. The molecule has 17 heavy (non-hydrogen) atoms. The van der Waals surface area contributed by atoms with Crippen LogP contribution in [-0.2, 0) is 0 Å². The quantitative estimate of drug-likeness (QED) is 0.867. The van der Waals surface area contributed by atoms with Crippen molar-refractivity contribution in [2.45, 2.75) is 13.8 Å². The molecule has 0 bridgehead atoms. The molecule has 2 rings (SSSR count). The van der Waals surface area contributed by atoms with E-state index < -0.39 is 0 Å². The van der Waals surface area contributed by atoms with Gasteiger partial charge in [-0.25, -0.2) is 0 Å². The molecule has 0 aromatic carbocycles. The molecule has 6 heteroatoms. The molecular weight excluding hydrogens is 220 g/mol. The largest absolute Gasteiger partial charge is 0.505 e. The van der Waals surface area contributed by atoms with Crippen molar-refractivity contribution in [3.05, 3.63) is 18.5 Å². The lowest BCUT2D eigenvalue weighted by atomic mass is 10.2. The number of rotatable bonds is 4. The van der Waals surface area contributed by atoms with Gasteiger partial charge in [0.2, 0.25) is 0 Å². The van der Waals surface area contributed by atoms with Crippen LogP contribution < -0.4 is 4.90 Å². The van der Waals surface area contributed by atoms with E-state index in [1.165, 1.54) is 6.20 Å². The molecule has 0 aliphatic carbocycles. The first-order valence-corrected chi connectivity index (χ1v) is 5.48. The first-order chi connectivity index (χ1) is 8.26. The molecule has 0 saturated carbocycles. The predicted molar refractivity (Wildman–Crippen MR) is 62.8 cm³/mol. The van der Waals surface area contributed by atoms with Gasteiger partial charge in [0.05, 0.1) is 11.8 Å². The zero-order chi connectivity index (χ0) is 12.3. The number of nitrogens with zero attached hydrogens (tertiary/aromatic N) is 4. The average Bonchev–Trinajstić information content (AvgIpc) is 2.81. The normalized spacial score (nSPS) is 10.5. The van der Waals surface area contributed by atoms with Gasteiger partial charge in [-0.3, -0.25) is 4.98 Å². The molecule has 0 saturated heterocycles. The summed E-state index contributed by atoms with van der Waals surface area (Å²) >= 11 is 0. The van der Waals surface area contributed by atoms with Crippen molar-refractivity contribution in [2.75, 3.05) is 18.0 Å². The first kappa shape index (κ1) is 11.4. The van der Waals surface area contributed by atoms with Crippen molar-refractivity contribution >= 4 is 5.95 Å². The first-order valence-electron chi connectivity index (χ1n) is 5.48. The molecule has 2 heterocycles. The number of hydrogen-bond donors (Lipinski definition) is 1. The summed E-state index contributed by atoms with van der Waals surface area (Å²) in [6, 6.07) is 1.63. The Labute approximate surface area is 98.9 Å². The fourth-order valence-corrected chi connectivity index (χ4v) is 1.53. The number of aromatic nitrogens is 3. The van der Waals surface area contributed by atoms with E-state index in [0.717, 1.165) is 13.1 Å². The Balaban J connectivity index is 2.33. The molecule has 90 valence electrons. The maximum Gasteiger partial charge on any atom is 0.266 e. The Hall–Kier alpha value is -2.11. The maximum absolute atomic E-state index is 9.62. The summed E-state index contributed by atoms with van der Waals surface area (Å²) in [6.07, 6.45) is 2.91. The zero-order valence-corrected chi connectivity index (χ0v) is 9.79. The molecule has 0 aliphatic heterocycles. The van der Waals surface area contributed by atoms with Crippen LogP contribution in [0.2, 0.25) is 0 Å². The van der Waals surface area contributed by atoms with Gasteiger partial charge >= 0.3 is 0 Å². The number of hydrogen-bond acceptors (Lipinski definition) is 6. The van der Waals surface area contributed by atoms with Gasteiger partial charge in [0, 0.05) is 19.3 Å². The summed E-state index contributed by atoms with van der Waals surface area (Å²) in [5, 5.41) is 13.5. The van der Waals surface area contributed by atoms with E-state index in [-0.39, 0.29) is 5.75 Å². The molecule has 6 nitrogen and oxygen atoms in total. The van der Waals surface area contributed by atoms with Crippen molar-refractivity contribution in [2.24, 2.45) is 0 Å². The second kappa shape index (κ2) is 4.82. The van der Waals surface area contributed by atoms with Gasteiger partial charge < -0.3 is 14.5 Å². The van der Waals surface area contributed by atoms with E-state index >= 15 is 0 Å². The molecule has 0 atom stereocenters. The summed E-state index contributed by atoms with van der Waals surface area (Å²) in [6.45, 7) is 5.64. The maximum atomic E-state index is 9.62. The third kappa shape index (κ3) is 2.20. The Morgan fingerprint density at radius 3 is 2.76 bits per heavy atom. The molecule has 2 aromatic heterocycles. The lowest BCUT2D eigenvalue weighted by Crippen LogP contribution is -2.22. The van der Waals surface area contributed by atoms with Gasteiger partial charge in [0.1, 0.15) is 5.75 Å². The van der Waals surface area contributed by atoms with Crippen LogP contribution in [0.3, 0.4) is 0 Å². The van der Waals surface area contributed by atoms with Crippen LogP contribution >= 0.6 is 0 Å². The standard InChI is InChI=1S/C11H14N4O2/c1-3-15(4-2)11-13-10(17-14-11)8-5-6-12-7-9(8)16/h5-7,16H,3-4H2,1-2H3. The second-order valence-corrected chi connectivity index (χ2v) is 3.46. The third-order valence-corrected chi connectivity index (χ3v) is 2.49. The second-order valence-electron chi connectivity index (χ2n) is 3.46. The van der Waals surface area contributed by atoms with Crippen LogP contribution in [0.25, 0.3) is 11.5 Å². The van der Waals surface area contributed by atoms with Crippen molar-refractivity contribution in [3.8, 4) is 17.2 Å².